The summed E-state index contributed by atoms with van der Waals surface area (Å²) in [5, 5.41) is 6.41. The molecular formula is C18H12ClF4N3O. The van der Waals surface area contributed by atoms with E-state index in [-0.39, 0.29) is 0 Å². The normalized spacial score (nSPS) is 11.5. The lowest BCUT2D eigenvalue weighted by atomic mass is 10.1. The Balaban J connectivity index is 2.06. The van der Waals surface area contributed by atoms with E-state index in [9.17, 15) is 22.4 Å². The molecule has 140 valence electrons. The molecule has 0 fully saturated rings. The SMILES string of the molecule is Cc1cc(Cl)ccc1NC(=O)c1cnn(-c2ccccc2F)c1C(F)(F)F. The number of nitrogens with zero attached hydrogens (tertiary/aromatic N) is 2. The lowest BCUT2D eigenvalue weighted by Crippen LogP contribution is -2.21. The first-order valence-corrected chi connectivity index (χ1v) is 8.04. The Hall–Kier alpha value is -2.87. The van der Waals surface area contributed by atoms with E-state index in [1.165, 1.54) is 24.3 Å². The predicted octanol–water partition coefficient (Wildman–Crippen LogP) is 5.24. The van der Waals surface area contributed by atoms with Crippen LogP contribution < -0.4 is 5.32 Å². The fourth-order valence-corrected chi connectivity index (χ4v) is 2.78. The minimum absolute atomic E-state index is 0.302. The van der Waals surface area contributed by atoms with Crippen LogP contribution in [0.3, 0.4) is 0 Å². The van der Waals surface area contributed by atoms with E-state index in [1.807, 2.05) is 0 Å². The van der Waals surface area contributed by atoms with Gasteiger partial charge in [-0.1, -0.05) is 23.7 Å². The van der Waals surface area contributed by atoms with Crippen molar-refractivity contribution >= 4 is 23.2 Å². The number of aromatic nitrogens is 2. The number of halogens is 5. The Bertz CT molecular complexity index is 1010. The van der Waals surface area contributed by atoms with Crippen LogP contribution in [0, 0.1) is 12.7 Å². The number of amides is 1. The monoisotopic (exact) mass is 397 g/mol. The molecule has 4 nitrogen and oxygen atoms in total. The van der Waals surface area contributed by atoms with Crippen molar-refractivity contribution in [1.82, 2.24) is 9.78 Å². The van der Waals surface area contributed by atoms with Crippen molar-refractivity contribution in [2.45, 2.75) is 13.1 Å². The second-order valence-corrected chi connectivity index (χ2v) is 6.12. The number of hydrogen-bond acceptors (Lipinski definition) is 2. The summed E-state index contributed by atoms with van der Waals surface area (Å²) in [4.78, 5) is 12.5. The van der Waals surface area contributed by atoms with Crippen LogP contribution in [0.2, 0.25) is 5.02 Å². The number of nitrogens with one attached hydrogen (secondary N) is 1. The molecule has 0 spiro atoms. The fourth-order valence-electron chi connectivity index (χ4n) is 2.55. The zero-order valence-corrected chi connectivity index (χ0v) is 14.6. The molecule has 0 saturated carbocycles. The first-order chi connectivity index (χ1) is 12.7. The molecule has 0 bridgehead atoms. The van der Waals surface area contributed by atoms with Crippen molar-refractivity contribution in [3.05, 3.63) is 76.3 Å². The van der Waals surface area contributed by atoms with Crippen LogP contribution in [0.1, 0.15) is 21.6 Å². The summed E-state index contributed by atoms with van der Waals surface area (Å²) < 4.78 is 55.2. The second-order valence-electron chi connectivity index (χ2n) is 5.68. The topological polar surface area (TPSA) is 46.9 Å². The van der Waals surface area contributed by atoms with Crippen LogP contribution in [0.4, 0.5) is 23.2 Å². The zero-order chi connectivity index (χ0) is 19.8. The minimum atomic E-state index is -4.93. The molecule has 1 N–H and O–H groups in total. The van der Waals surface area contributed by atoms with Crippen molar-refractivity contribution in [2.75, 3.05) is 5.32 Å². The van der Waals surface area contributed by atoms with E-state index in [0.29, 0.717) is 21.0 Å². The number of anilines is 1. The molecule has 1 heterocycles. The van der Waals surface area contributed by atoms with Crippen LogP contribution in [-0.4, -0.2) is 15.7 Å². The average Bonchev–Trinajstić information content (AvgIpc) is 3.03. The van der Waals surface area contributed by atoms with Gasteiger partial charge in [0.05, 0.1) is 11.8 Å². The highest BCUT2D eigenvalue weighted by Crippen LogP contribution is 2.34. The molecule has 0 saturated heterocycles. The molecule has 0 radical (unpaired) electrons. The van der Waals surface area contributed by atoms with Crippen molar-refractivity contribution < 1.29 is 22.4 Å². The first kappa shape index (κ1) is 18.9. The highest BCUT2D eigenvalue weighted by Gasteiger charge is 2.41. The van der Waals surface area contributed by atoms with Gasteiger partial charge in [0.2, 0.25) is 0 Å². The summed E-state index contributed by atoms with van der Waals surface area (Å²) in [7, 11) is 0. The van der Waals surface area contributed by atoms with E-state index >= 15 is 0 Å². The van der Waals surface area contributed by atoms with E-state index in [0.717, 1.165) is 18.3 Å². The van der Waals surface area contributed by atoms with Gasteiger partial charge < -0.3 is 5.32 Å². The lowest BCUT2D eigenvalue weighted by Gasteiger charge is -2.14. The molecule has 0 aliphatic heterocycles. The molecule has 0 aliphatic carbocycles. The van der Waals surface area contributed by atoms with Gasteiger partial charge in [-0.3, -0.25) is 4.79 Å². The maximum absolute atomic E-state index is 14.0. The number of aryl methyl sites for hydroxylation is 1. The first-order valence-electron chi connectivity index (χ1n) is 7.66. The summed E-state index contributed by atoms with van der Waals surface area (Å²) in [6, 6.07) is 9.40. The third-order valence-electron chi connectivity index (χ3n) is 3.80. The molecule has 1 aromatic heterocycles. The quantitative estimate of drug-likeness (QED) is 0.614. The average molecular weight is 398 g/mol. The third kappa shape index (κ3) is 3.80. The molecule has 1 amide bonds. The molecule has 3 rings (SSSR count). The third-order valence-corrected chi connectivity index (χ3v) is 4.03. The zero-order valence-electron chi connectivity index (χ0n) is 13.8. The van der Waals surface area contributed by atoms with Crippen molar-refractivity contribution in [2.24, 2.45) is 0 Å². The van der Waals surface area contributed by atoms with Gasteiger partial charge in [-0.25, -0.2) is 9.07 Å². The van der Waals surface area contributed by atoms with Crippen molar-refractivity contribution in [3.8, 4) is 5.69 Å². The number of rotatable bonds is 3. The minimum Gasteiger partial charge on any atom is -0.322 e. The maximum Gasteiger partial charge on any atom is 0.434 e. The van der Waals surface area contributed by atoms with Gasteiger partial charge in [-0.05, 0) is 42.8 Å². The van der Waals surface area contributed by atoms with Gasteiger partial charge in [0.25, 0.3) is 5.91 Å². The smallest absolute Gasteiger partial charge is 0.322 e. The second kappa shape index (κ2) is 7.03. The molecule has 3 aromatic rings. The molecular weight excluding hydrogens is 386 g/mol. The summed E-state index contributed by atoms with van der Waals surface area (Å²) in [5.74, 6) is -1.91. The Morgan fingerprint density at radius 1 is 1.19 bits per heavy atom. The van der Waals surface area contributed by atoms with E-state index < -0.39 is 34.8 Å². The number of hydrogen-bond donors (Lipinski definition) is 1. The van der Waals surface area contributed by atoms with E-state index in [4.69, 9.17) is 11.6 Å². The number of alkyl halides is 3. The van der Waals surface area contributed by atoms with Crippen LogP contribution in [-0.2, 0) is 6.18 Å². The molecule has 0 unspecified atom stereocenters. The Morgan fingerprint density at radius 3 is 2.52 bits per heavy atom. The highest BCUT2D eigenvalue weighted by molar-refractivity contribution is 6.30. The standard InChI is InChI=1S/C18H12ClF4N3O/c1-10-8-11(19)6-7-14(10)25-17(27)12-9-24-26(16(12)18(21,22)23)15-5-3-2-4-13(15)20/h2-9H,1H3,(H,25,27). The van der Waals surface area contributed by atoms with Crippen LogP contribution >= 0.6 is 11.6 Å². The summed E-state index contributed by atoms with van der Waals surface area (Å²) >= 11 is 5.83. The molecule has 0 atom stereocenters. The van der Waals surface area contributed by atoms with Gasteiger partial charge in [0.15, 0.2) is 5.69 Å². The van der Waals surface area contributed by atoms with Gasteiger partial charge >= 0.3 is 6.18 Å². The molecule has 9 heteroatoms. The molecule has 2 aromatic carbocycles. The van der Waals surface area contributed by atoms with Crippen LogP contribution in [0.15, 0.2) is 48.7 Å². The number of carbonyl (C=O) groups excluding carboxylic acids is 1. The summed E-state index contributed by atoms with van der Waals surface area (Å²) in [6.07, 6.45) is -4.17. The van der Waals surface area contributed by atoms with Gasteiger partial charge in [-0.15, -0.1) is 0 Å². The van der Waals surface area contributed by atoms with Gasteiger partial charge in [0.1, 0.15) is 11.5 Å². The number of carbonyl (C=O) groups is 1. The number of benzene rings is 2. The van der Waals surface area contributed by atoms with Crippen molar-refractivity contribution in [3.63, 3.8) is 0 Å². The fraction of sp³-hybridized carbons (Fsp3) is 0.111. The Kier molecular flexibility index (Phi) is 4.93. The summed E-state index contributed by atoms with van der Waals surface area (Å²) in [5.41, 5.74) is -1.62. The Morgan fingerprint density at radius 2 is 1.89 bits per heavy atom. The van der Waals surface area contributed by atoms with E-state index in [1.54, 1.807) is 13.0 Å². The van der Waals surface area contributed by atoms with Gasteiger partial charge in [-0.2, -0.15) is 18.3 Å². The number of para-hydroxylation sites is 1. The molecule has 27 heavy (non-hydrogen) atoms. The maximum atomic E-state index is 14.0. The predicted molar refractivity (Wildman–Crippen MR) is 92.7 cm³/mol. The molecule has 0 aliphatic rings. The largest absolute Gasteiger partial charge is 0.434 e. The van der Waals surface area contributed by atoms with Gasteiger partial charge in [0, 0.05) is 10.7 Å². The highest BCUT2D eigenvalue weighted by atomic mass is 35.5. The van der Waals surface area contributed by atoms with Crippen LogP contribution in [0.5, 0.6) is 0 Å². The lowest BCUT2D eigenvalue weighted by molar-refractivity contribution is -0.143. The van der Waals surface area contributed by atoms with Crippen LogP contribution in [0.25, 0.3) is 5.69 Å². The summed E-state index contributed by atoms with van der Waals surface area (Å²) in [6.45, 7) is 1.65. The van der Waals surface area contributed by atoms with Crippen molar-refractivity contribution in [1.29, 1.82) is 0 Å². The Labute approximate surface area is 156 Å². The van der Waals surface area contributed by atoms with E-state index in [2.05, 4.69) is 10.4 Å².